The lowest BCUT2D eigenvalue weighted by Gasteiger charge is -2.49. The first-order chi connectivity index (χ1) is 32.1. The highest BCUT2D eigenvalue weighted by Crippen LogP contribution is 2.44. The minimum atomic E-state index is -1.94. The summed E-state index contributed by atoms with van der Waals surface area (Å²) in [5, 5.41) is 15.3. The summed E-state index contributed by atoms with van der Waals surface area (Å²) in [6, 6.07) is 11.6. The highest BCUT2D eigenvalue weighted by Gasteiger charge is 2.57. The van der Waals surface area contributed by atoms with Crippen LogP contribution in [0.15, 0.2) is 48.5 Å². The smallest absolute Gasteiger partial charge is 0.407 e. The lowest BCUT2D eigenvalue weighted by atomic mass is 9.94. The van der Waals surface area contributed by atoms with Gasteiger partial charge in [0.2, 0.25) is 5.91 Å². The Bertz CT molecular complexity index is 2170. The van der Waals surface area contributed by atoms with Gasteiger partial charge in [0.25, 0.3) is 0 Å². The van der Waals surface area contributed by atoms with Gasteiger partial charge in [0.05, 0.1) is 6.10 Å². The summed E-state index contributed by atoms with van der Waals surface area (Å²) in [6.07, 6.45) is -18.2. The fraction of sp³-hybridized carbons (Fsp3) is 0.533. The second-order valence-electron chi connectivity index (χ2n) is 15.9. The van der Waals surface area contributed by atoms with E-state index in [0.717, 1.165) is 70.7 Å². The number of carboxylic acid groups (broad SMARTS) is 1. The summed E-state index contributed by atoms with van der Waals surface area (Å²) in [5.41, 5.74) is 3.70. The molecular weight excluding hydrogens is 904 g/mol. The van der Waals surface area contributed by atoms with E-state index < -0.39 is 140 Å². The van der Waals surface area contributed by atoms with Crippen molar-refractivity contribution in [3.05, 3.63) is 59.7 Å². The highest BCUT2D eigenvalue weighted by atomic mass is 16.8. The number of ether oxygens (including phenoxy) is 11. The topological polar surface area (TPSA) is 299 Å². The number of alkyl carbamates (subject to hydrolysis) is 1. The van der Waals surface area contributed by atoms with Gasteiger partial charge in [-0.1, -0.05) is 48.5 Å². The van der Waals surface area contributed by atoms with Crippen LogP contribution in [0.4, 0.5) is 4.79 Å². The number of rotatable bonds is 18. The molecular formula is C45H54N2O21. The van der Waals surface area contributed by atoms with Crippen LogP contribution in [-0.2, 0) is 90.5 Å². The Hall–Kier alpha value is -6.69. The van der Waals surface area contributed by atoms with Crippen LogP contribution >= 0.6 is 0 Å². The Morgan fingerprint density at radius 2 is 1.03 bits per heavy atom. The number of hydrogen-bond donors (Lipinski definition) is 3. The molecule has 0 aromatic heterocycles. The molecule has 0 unspecified atom stereocenters. The molecule has 2 amide bonds. The Balaban J connectivity index is 1.52. The lowest BCUT2D eigenvalue weighted by molar-refractivity contribution is -0.361. The average Bonchev–Trinajstić information content (AvgIpc) is 3.57. The van der Waals surface area contributed by atoms with Gasteiger partial charge in [-0.05, 0) is 29.2 Å². The maximum absolute atomic E-state index is 13.4. The molecule has 2 fully saturated rings. The number of hydrogen-bond acceptors (Lipinski definition) is 20. The predicted molar refractivity (Wildman–Crippen MR) is 225 cm³/mol. The van der Waals surface area contributed by atoms with Gasteiger partial charge in [-0.2, -0.15) is 0 Å². The Morgan fingerprint density at radius 1 is 0.574 bits per heavy atom. The zero-order chi connectivity index (χ0) is 50.0. The van der Waals surface area contributed by atoms with Gasteiger partial charge in [-0.15, -0.1) is 0 Å². The van der Waals surface area contributed by atoms with Crippen molar-refractivity contribution in [3.8, 4) is 11.1 Å². The number of esters is 6. The number of aliphatic carboxylic acids is 1. The molecule has 12 atom stereocenters. The van der Waals surface area contributed by atoms with E-state index in [-0.39, 0.29) is 12.5 Å². The third-order valence-electron chi connectivity index (χ3n) is 10.7. The van der Waals surface area contributed by atoms with E-state index in [9.17, 15) is 48.3 Å². The predicted octanol–water partition coefficient (Wildman–Crippen LogP) is 1.58. The number of fused-ring (bicyclic) bond motifs is 3. The molecule has 68 heavy (non-hydrogen) atoms. The fourth-order valence-corrected chi connectivity index (χ4v) is 8.12. The zero-order valence-electron chi connectivity index (χ0n) is 38.4. The number of amides is 2. The van der Waals surface area contributed by atoms with Crippen molar-refractivity contribution in [1.82, 2.24) is 10.6 Å². The van der Waals surface area contributed by atoms with Gasteiger partial charge in [-0.25, -0.2) is 9.59 Å². The molecule has 2 aliphatic heterocycles. The van der Waals surface area contributed by atoms with Crippen molar-refractivity contribution in [1.29, 1.82) is 0 Å². The van der Waals surface area contributed by atoms with E-state index in [0.29, 0.717) is 0 Å². The Labute approximate surface area is 389 Å². The largest absolute Gasteiger partial charge is 0.480 e. The van der Waals surface area contributed by atoms with Crippen LogP contribution in [-0.4, -0.2) is 152 Å². The molecule has 2 heterocycles. The molecule has 2 saturated heterocycles. The standard InChI is InChI=1S/C45H54N2O21/c1-20(35(42(55)56)47-45(57)60-17-32-30-15-11-9-13-28(30)29-14-10-12-16-31(29)32)61-44-41(40(65-27(8)54)38(63-25(6)52)34(67-44)19-59-23(4)50)68-43-36(46-21(2)48)39(64-26(7)53)37(62-24(5)51)33(66-43)18-58-22(3)49/h9-16,20,32-41,43-44H,17-19H2,1-8H3,(H,46,48)(H,47,57)(H,55,56)/t20-,33+,34+,35-,36+,37-,38+,39+,40-,41-,43-,44-/m0/s1. The summed E-state index contributed by atoms with van der Waals surface area (Å²) >= 11 is 0. The van der Waals surface area contributed by atoms with E-state index in [2.05, 4.69) is 10.6 Å². The van der Waals surface area contributed by atoms with Gasteiger partial charge >= 0.3 is 47.9 Å². The molecule has 23 heteroatoms. The van der Waals surface area contributed by atoms with Crippen molar-refractivity contribution in [2.24, 2.45) is 0 Å². The minimum Gasteiger partial charge on any atom is -0.480 e. The van der Waals surface area contributed by atoms with Gasteiger partial charge in [0.1, 0.15) is 38.1 Å². The van der Waals surface area contributed by atoms with Crippen molar-refractivity contribution < 1.29 is 100 Å². The molecule has 1 aliphatic carbocycles. The van der Waals surface area contributed by atoms with Gasteiger partial charge in [0.15, 0.2) is 49.1 Å². The summed E-state index contributed by atoms with van der Waals surface area (Å²) < 4.78 is 63.2. The van der Waals surface area contributed by atoms with Crippen LogP contribution in [0.5, 0.6) is 0 Å². The van der Waals surface area contributed by atoms with Crippen LogP contribution in [0, 0.1) is 0 Å². The number of carboxylic acids is 1. The van der Waals surface area contributed by atoms with Crippen LogP contribution < -0.4 is 10.6 Å². The molecule has 3 aliphatic rings. The van der Waals surface area contributed by atoms with E-state index in [1.807, 2.05) is 48.5 Å². The zero-order valence-corrected chi connectivity index (χ0v) is 38.4. The van der Waals surface area contributed by atoms with Gasteiger partial charge in [-0.3, -0.25) is 33.6 Å². The molecule has 2 aromatic rings. The summed E-state index contributed by atoms with van der Waals surface area (Å²) in [4.78, 5) is 114. The molecule has 0 radical (unpaired) electrons. The van der Waals surface area contributed by atoms with E-state index >= 15 is 0 Å². The first-order valence-corrected chi connectivity index (χ1v) is 21.3. The van der Waals surface area contributed by atoms with Crippen molar-refractivity contribution in [2.75, 3.05) is 19.8 Å². The van der Waals surface area contributed by atoms with Crippen LogP contribution in [0.2, 0.25) is 0 Å². The van der Waals surface area contributed by atoms with E-state index in [1.54, 1.807) is 0 Å². The van der Waals surface area contributed by atoms with E-state index in [1.165, 1.54) is 6.92 Å². The molecule has 0 bridgehead atoms. The molecule has 2 aromatic carbocycles. The molecule has 3 N–H and O–H groups in total. The SMILES string of the molecule is CC(=O)N[C@H]1[C@H](O[C@@H]2[C@@H](O[C@@H](C)[C@H](NC(=O)OCC3c4ccccc4-c4ccccc43)C(=O)O)O[C@H](COC(C)=O)[C@@H](OC(C)=O)[C@@H]2OC(C)=O)O[C@H](COC(C)=O)[C@H](OC(C)=O)[C@@H]1OC(C)=O. The third kappa shape index (κ3) is 13.5. The van der Waals surface area contributed by atoms with Crippen molar-refractivity contribution in [3.63, 3.8) is 0 Å². The number of benzene rings is 2. The maximum Gasteiger partial charge on any atom is 0.407 e. The fourth-order valence-electron chi connectivity index (χ4n) is 8.12. The molecule has 370 valence electrons. The molecule has 5 rings (SSSR count). The maximum atomic E-state index is 13.4. The number of carbonyl (C=O) groups excluding carboxylic acids is 8. The highest BCUT2D eigenvalue weighted by molar-refractivity contribution is 5.81. The lowest BCUT2D eigenvalue weighted by Crippen LogP contribution is -2.69. The molecule has 23 nitrogen and oxygen atoms in total. The van der Waals surface area contributed by atoms with Crippen LogP contribution in [0.1, 0.15) is 72.4 Å². The Morgan fingerprint density at radius 3 is 1.50 bits per heavy atom. The second kappa shape index (κ2) is 23.4. The Kier molecular flexibility index (Phi) is 18.0. The monoisotopic (exact) mass is 958 g/mol. The first-order valence-electron chi connectivity index (χ1n) is 21.3. The number of carbonyl (C=O) groups is 9. The van der Waals surface area contributed by atoms with Gasteiger partial charge in [0, 0.05) is 54.4 Å². The molecule has 0 spiro atoms. The quantitative estimate of drug-likeness (QED) is 0.141. The molecule has 0 saturated carbocycles. The third-order valence-corrected chi connectivity index (χ3v) is 10.7. The summed E-state index contributed by atoms with van der Waals surface area (Å²) in [7, 11) is 0. The number of nitrogens with one attached hydrogen (secondary N) is 2. The van der Waals surface area contributed by atoms with Gasteiger partial charge < -0.3 is 67.8 Å². The van der Waals surface area contributed by atoms with E-state index in [4.69, 9.17) is 52.1 Å². The van der Waals surface area contributed by atoms with Crippen LogP contribution in [0.3, 0.4) is 0 Å². The summed E-state index contributed by atoms with van der Waals surface area (Å²) in [6.45, 7) is 7.01. The van der Waals surface area contributed by atoms with Crippen molar-refractivity contribution in [2.45, 2.75) is 135 Å². The second-order valence-corrected chi connectivity index (χ2v) is 15.9. The van der Waals surface area contributed by atoms with Crippen LogP contribution in [0.25, 0.3) is 11.1 Å². The minimum absolute atomic E-state index is 0.176. The normalized spacial score (nSPS) is 25.9. The first kappa shape index (κ1) is 52.3. The van der Waals surface area contributed by atoms with Crippen molar-refractivity contribution >= 4 is 53.8 Å². The average molecular weight is 959 g/mol. The summed E-state index contributed by atoms with van der Waals surface area (Å²) in [5.74, 6) is -8.14.